The highest BCUT2D eigenvalue weighted by atomic mass is 16.3. The van der Waals surface area contributed by atoms with Crippen LogP contribution in [0.3, 0.4) is 0 Å². The van der Waals surface area contributed by atoms with Gasteiger partial charge in [0.1, 0.15) is 5.82 Å². The number of carbonyl (C=O) groups excluding carboxylic acids is 1. The molecule has 0 radical (unpaired) electrons. The fraction of sp³-hybridized carbons (Fsp3) is 0.273. The second-order valence-electron chi connectivity index (χ2n) is 7.15. The Hall–Kier alpha value is -3.50. The normalized spacial score (nSPS) is 18.7. The van der Waals surface area contributed by atoms with E-state index in [0.717, 1.165) is 22.9 Å². The summed E-state index contributed by atoms with van der Waals surface area (Å²) >= 11 is 0. The minimum Gasteiger partial charge on any atom is -0.383 e. The number of amides is 1. The van der Waals surface area contributed by atoms with E-state index in [1.165, 1.54) is 4.90 Å². The Labute approximate surface area is 168 Å². The zero-order valence-electron chi connectivity index (χ0n) is 16.3. The summed E-state index contributed by atoms with van der Waals surface area (Å²) in [6.07, 6.45) is 4.55. The van der Waals surface area contributed by atoms with E-state index < -0.39 is 5.60 Å². The largest absolute Gasteiger partial charge is 0.383 e. The van der Waals surface area contributed by atoms with Gasteiger partial charge >= 0.3 is 0 Å². The van der Waals surface area contributed by atoms with Crippen molar-refractivity contribution in [3.05, 3.63) is 47.8 Å². The summed E-state index contributed by atoms with van der Waals surface area (Å²) in [6.45, 7) is 2.52. The molecular weight excluding hydrogens is 366 g/mol. The maximum Gasteiger partial charge on any atom is 0.267 e. The number of nitrogen functional groups attached to an aromatic ring is 1. The van der Waals surface area contributed by atoms with Gasteiger partial charge in [-0.2, -0.15) is 0 Å². The van der Waals surface area contributed by atoms with Gasteiger partial charge in [-0.05, 0) is 24.1 Å². The Morgan fingerprint density at radius 2 is 2.14 bits per heavy atom. The van der Waals surface area contributed by atoms with Gasteiger partial charge in [0.2, 0.25) is 5.60 Å². The molecule has 0 aliphatic carbocycles. The molecule has 3 heterocycles. The van der Waals surface area contributed by atoms with Gasteiger partial charge in [0.25, 0.3) is 5.91 Å². The van der Waals surface area contributed by atoms with E-state index in [-0.39, 0.29) is 5.91 Å². The van der Waals surface area contributed by atoms with Gasteiger partial charge in [-0.15, -0.1) is 0 Å². The monoisotopic (exact) mass is 387 g/mol. The number of likely N-dealkylation sites (tertiary alicyclic amines) is 1. The fourth-order valence-electron chi connectivity index (χ4n) is 3.46. The molecule has 0 spiro atoms. The molecule has 0 bridgehead atoms. The highest BCUT2D eigenvalue weighted by molar-refractivity contribution is 5.92. The Kier molecular flexibility index (Phi) is 4.65. The van der Waals surface area contributed by atoms with Crippen LogP contribution < -0.4 is 5.73 Å². The highest BCUT2D eigenvalue weighted by Gasteiger charge is 2.42. The fourth-order valence-corrected chi connectivity index (χ4v) is 3.46. The van der Waals surface area contributed by atoms with Crippen LogP contribution in [0.1, 0.15) is 24.5 Å². The number of anilines is 1. The van der Waals surface area contributed by atoms with E-state index >= 15 is 0 Å². The molecule has 0 unspecified atom stereocenters. The number of benzene rings is 1. The Balaban J connectivity index is 1.72. The molecule has 7 nitrogen and oxygen atoms in total. The van der Waals surface area contributed by atoms with Crippen molar-refractivity contribution < 1.29 is 9.90 Å². The van der Waals surface area contributed by atoms with Crippen LogP contribution in [0.4, 0.5) is 5.82 Å². The first kappa shape index (κ1) is 18.8. The maximum atomic E-state index is 12.1. The van der Waals surface area contributed by atoms with Gasteiger partial charge in [-0.25, -0.2) is 9.97 Å². The van der Waals surface area contributed by atoms with Crippen LogP contribution in [0.2, 0.25) is 0 Å². The summed E-state index contributed by atoms with van der Waals surface area (Å²) in [4.78, 5) is 26.9. The second-order valence-corrected chi connectivity index (χ2v) is 7.15. The average Bonchev–Trinajstić information content (AvgIpc) is 3.00. The van der Waals surface area contributed by atoms with Gasteiger partial charge in [0, 0.05) is 42.7 Å². The van der Waals surface area contributed by atoms with Crippen LogP contribution in [0.5, 0.6) is 0 Å². The number of likely N-dealkylation sites (N-methyl/N-ethyl adjacent to an activating group) is 1. The van der Waals surface area contributed by atoms with Crippen LogP contribution >= 0.6 is 0 Å². The summed E-state index contributed by atoms with van der Waals surface area (Å²) in [7, 11) is 1.66. The number of hydrogen-bond donors (Lipinski definition) is 2. The lowest BCUT2D eigenvalue weighted by molar-refractivity contribution is -0.137. The molecule has 1 atom stereocenters. The summed E-state index contributed by atoms with van der Waals surface area (Å²) in [6, 6.07) is 7.32. The molecule has 7 heteroatoms. The van der Waals surface area contributed by atoms with Crippen molar-refractivity contribution in [1.29, 1.82) is 0 Å². The van der Waals surface area contributed by atoms with Crippen LogP contribution in [-0.2, 0) is 11.2 Å². The maximum absolute atomic E-state index is 12.1. The van der Waals surface area contributed by atoms with E-state index in [0.29, 0.717) is 35.7 Å². The lowest BCUT2D eigenvalue weighted by atomic mass is 10.0. The van der Waals surface area contributed by atoms with E-state index in [9.17, 15) is 9.90 Å². The number of aromatic nitrogens is 3. The van der Waals surface area contributed by atoms with Crippen molar-refractivity contribution in [2.45, 2.75) is 25.4 Å². The highest BCUT2D eigenvalue weighted by Crippen LogP contribution is 2.26. The summed E-state index contributed by atoms with van der Waals surface area (Å²) in [5.74, 6) is 6.16. The number of hydrogen-bond acceptors (Lipinski definition) is 6. The van der Waals surface area contributed by atoms with Crippen LogP contribution in [-0.4, -0.2) is 50.1 Å². The third-order valence-corrected chi connectivity index (χ3v) is 5.14. The number of fused-ring (bicyclic) bond motifs is 1. The van der Waals surface area contributed by atoms with Gasteiger partial charge in [-0.1, -0.05) is 30.9 Å². The average molecular weight is 387 g/mol. The smallest absolute Gasteiger partial charge is 0.267 e. The van der Waals surface area contributed by atoms with Gasteiger partial charge in [-0.3, -0.25) is 9.78 Å². The third kappa shape index (κ3) is 3.39. The predicted octanol–water partition coefficient (Wildman–Crippen LogP) is 1.78. The molecule has 1 aliphatic heterocycles. The number of aliphatic hydroxyl groups is 1. The Morgan fingerprint density at radius 1 is 1.31 bits per heavy atom. The first-order valence-corrected chi connectivity index (χ1v) is 9.43. The Bertz CT molecular complexity index is 1180. The first-order chi connectivity index (χ1) is 13.9. The van der Waals surface area contributed by atoms with Crippen molar-refractivity contribution in [3.63, 3.8) is 0 Å². The molecule has 29 heavy (non-hydrogen) atoms. The van der Waals surface area contributed by atoms with Crippen LogP contribution in [0, 0.1) is 11.8 Å². The molecule has 2 aromatic heterocycles. The van der Waals surface area contributed by atoms with Gasteiger partial charge in [0.05, 0.1) is 11.7 Å². The van der Waals surface area contributed by atoms with E-state index in [4.69, 9.17) is 5.73 Å². The SMILES string of the molecule is CCc1cncc2nc(-c3cccc(C#C[C@]4(O)CCN(C)C4=O)c3)nc(N)c12. The Morgan fingerprint density at radius 3 is 2.86 bits per heavy atom. The van der Waals surface area contributed by atoms with Crippen molar-refractivity contribution in [1.82, 2.24) is 19.9 Å². The predicted molar refractivity (Wildman–Crippen MR) is 111 cm³/mol. The standard InChI is InChI=1S/C22H21N5O2/c1-3-15-12-24-13-17-18(15)19(23)26-20(25-17)16-6-4-5-14(11-16)7-8-22(29)9-10-27(2)21(22)28/h4-6,11-13,29H,3,9-10H2,1-2H3,(H2,23,25,26)/t22-/m0/s1. The lowest BCUT2D eigenvalue weighted by Gasteiger charge is -2.13. The van der Waals surface area contributed by atoms with Crippen molar-refractivity contribution in [2.75, 3.05) is 19.3 Å². The van der Waals surface area contributed by atoms with Crippen LogP contribution in [0.15, 0.2) is 36.7 Å². The molecule has 146 valence electrons. The number of aryl methyl sites for hydroxylation is 1. The number of carbonyl (C=O) groups is 1. The molecule has 1 aliphatic rings. The lowest BCUT2D eigenvalue weighted by Crippen LogP contribution is -2.37. The summed E-state index contributed by atoms with van der Waals surface area (Å²) < 4.78 is 0. The van der Waals surface area contributed by atoms with Crippen LogP contribution in [0.25, 0.3) is 22.3 Å². The van der Waals surface area contributed by atoms with E-state index in [1.807, 2.05) is 31.2 Å². The molecule has 1 saturated heterocycles. The minimum atomic E-state index is -1.63. The van der Waals surface area contributed by atoms with E-state index in [2.05, 4.69) is 26.8 Å². The first-order valence-electron chi connectivity index (χ1n) is 9.43. The molecule has 1 fully saturated rings. The summed E-state index contributed by atoms with van der Waals surface area (Å²) in [5, 5.41) is 11.3. The minimum absolute atomic E-state index is 0.298. The van der Waals surface area contributed by atoms with Crippen molar-refractivity contribution in [3.8, 4) is 23.2 Å². The van der Waals surface area contributed by atoms with Crippen molar-refractivity contribution >= 4 is 22.6 Å². The molecular formula is C22H21N5O2. The zero-order valence-corrected chi connectivity index (χ0v) is 16.3. The van der Waals surface area contributed by atoms with Crippen molar-refractivity contribution in [2.24, 2.45) is 0 Å². The van der Waals surface area contributed by atoms with E-state index in [1.54, 1.807) is 19.4 Å². The van der Waals surface area contributed by atoms with Gasteiger partial charge < -0.3 is 15.7 Å². The molecule has 3 aromatic rings. The number of pyridine rings is 1. The molecule has 3 N–H and O–H groups in total. The molecule has 1 amide bonds. The molecule has 0 saturated carbocycles. The quantitative estimate of drug-likeness (QED) is 0.650. The molecule has 4 rings (SSSR count). The number of rotatable bonds is 2. The third-order valence-electron chi connectivity index (χ3n) is 5.14. The molecule has 1 aromatic carbocycles. The van der Waals surface area contributed by atoms with Gasteiger partial charge in [0.15, 0.2) is 5.82 Å². The second kappa shape index (κ2) is 7.15. The topological polar surface area (TPSA) is 105 Å². The zero-order chi connectivity index (χ0) is 20.6. The number of nitrogens with zero attached hydrogens (tertiary/aromatic N) is 4. The summed E-state index contributed by atoms with van der Waals surface area (Å²) in [5.41, 5.74) is 7.68. The number of nitrogens with two attached hydrogens (primary N) is 1.